The highest BCUT2D eigenvalue weighted by molar-refractivity contribution is 5.97. The molecule has 35 heavy (non-hydrogen) atoms. The molecule has 0 unspecified atom stereocenters. The number of rotatable bonds is 12. The van der Waals surface area contributed by atoms with Crippen LogP contribution in [0.4, 0.5) is 11.5 Å². The second-order valence-electron chi connectivity index (χ2n) is 8.69. The second-order valence-corrected chi connectivity index (χ2v) is 8.69. The van der Waals surface area contributed by atoms with E-state index in [0.717, 1.165) is 17.5 Å². The van der Waals surface area contributed by atoms with Gasteiger partial charge in [0.2, 0.25) is 0 Å². The number of aromatic amines is 1. The lowest BCUT2D eigenvalue weighted by Gasteiger charge is -2.24. The van der Waals surface area contributed by atoms with E-state index in [-0.39, 0.29) is 37.1 Å². The van der Waals surface area contributed by atoms with E-state index in [4.69, 9.17) is 15.2 Å². The minimum atomic E-state index is -0.764. The normalized spacial score (nSPS) is 10.9. The van der Waals surface area contributed by atoms with Crippen LogP contribution in [0.15, 0.2) is 27.8 Å². The third-order valence-electron chi connectivity index (χ3n) is 5.46. The van der Waals surface area contributed by atoms with Crippen LogP contribution in [0.25, 0.3) is 0 Å². The van der Waals surface area contributed by atoms with Gasteiger partial charge in [-0.05, 0) is 42.9 Å². The predicted octanol–water partition coefficient (Wildman–Crippen LogP) is 2.72. The van der Waals surface area contributed by atoms with Gasteiger partial charge < -0.3 is 20.1 Å². The number of nitrogens with one attached hydrogen (secondary N) is 1. The summed E-state index contributed by atoms with van der Waals surface area (Å²) >= 11 is 0. The lowest BCUT2D eigenvalue weighted by molar-refractivity contribution is -0.149. The van der Waals surface area contributed by atoms with Crippen LogP contribution in [0.1, 0.15) is 64.0 Å². The van der Waals surface area contributed by atoms with Gasteiger partial charge in [-0.2, -0.15) is 0 Å². The number of nitrogens with two attached hydrogens (primary N) is 1. The highest BCUT2D eigenvalue weighted by Gasteiger charge is 2.25. The van der Waals surface area contributed by atoms with Crippen molar-refractivity contribution in [3.8, 4) is 5.75 Å². The summed E-state index contributed by atoms with van der Waals surface area (Å²) < 4.78 is 12.0. The lowest BCUT2D eigenvalue weighted by atomic mass is 10.0. The fourth-order valence-corrected chi connectivity index (χ4v) is 3.60. The number of esters is 1. The number of carbonyl (C=O) groups is 2. The Morgan fingerprint density at radius 1 is 1.14 bits per heavy atom. The Morgan fingerprint density at radius 3 is 2.49 bits per heavy atom. The molecule has 1 aromatic heterocycles. The average molecular weight is 489 g/mol. The van der Waals surface area contributed by atoms with Gasteiger partial charge in [0, 0.05) is 13.1 Å². The SMILES string of the molecule is CCCCN(C(=O)COC(=O)COc1cc(C)ccc1C(C)C)c1c(N)n(CCC)c(=O)[nH]c1=O. The molecule has 1 heterocycles. The Hall–Kier alpha value is -3.56. The van der Waals surface area contributed by atoms with Gasteiger partial charge in [0.15, 0.2) is 18.9 Å². The summed E-state index contributed by atoms with van der Waals surface area (Å²) in [6, 6.07) is 5.78. The Labute approximate surface area is 205 Å². The molecule has 0 bridgehead atoms. The minimum absolute atomic E-state index is 0.0969. The Bertz CT molecular complexity index is 1150. The van der Waals surface area contributed by atoms with Gasteiger partial charge in [-0.1, -0.05) is 46.2 Å². The van der Waals surface area contributed by atoms with Crippen molar-refractivity contribution in [2.75, 3.05) is 30.4 Å². The Morgan fingerprint density at radius 2 is 1.86 bits per heavy atom. The monoisotopic (exact) mass is 488 g/mol. The molecule has 0 fully saturated rings. The van der Waals surface area contributed by atoms with Crippen molar-refractivity contribution < 1.29 is 19.1 Å². The molecule has 0 atom stereocenters. The summed E-state index contributed by atoms with van der Waals surface area (Å²) in [7, 11) is 0. The van der Waals surface area contributed by atoms with Crippen molar-refractivity contribution in [2.45, 2.75) is 66.3 Å². The number of H-pyrrole nitrogens is 1. The third kappa shape index (κ3) is 7.21. The number of aromatic nitrogens is 2. The Kier molecular flexibility index (Phi) is 10.1. The molecule has 1 aromatic carbocycles. The molecule has 0 aliphatic heterocycles. The van der Waals surface area contributed by atoms with Crippen molar-refractivity contribution in [3.05, 3.63) is 50.2 Å². The topological polar surface area (TPSA) is 137 Å². The fraction of sp³-hybridized carbons (Fsp3) is 0.520. The van der Waals surface area contributed by atoms with Crippen LogP contribution in [0, 0.1) is 6.92 Å². The van der Waals surface area contributed by atoms with E-state index in [9.17, 15) is 19.2 Å². The summed E-state index contributed by atoms with van der Waals surface area (Å²) in [5.74, 6) is -0.646. The summed E-state index contributed by atoms with van der Waals surface area (Å²) in [6.07, 6.45) is 1.94. The van der Waals surface area contributed by atoms with Gasteiger partial charge >= 0.3 is 11.7 Å². The molecule has 10 nitrogen and oxygen atoms in total. The molecular formula is C25H36N4O6. The van der Waals surface area contributed by atoms with Gasteiger partial charge in [0.25, 0.3) is 11.5 Å². The number of nitrogen functional groups attached to an aromatic ring is 1. The molecule has 0 spiro atoms. The lowest BCUT2D eigenvalue weighted by Crippen LogP contribution is -2.43. The highest BCUT2D eigenvalue weighted by Crippen LogP contribution is 2.27. The smallest absolute Gasteiger partial charge is 0.344 e. The maximum Gasteiger partial charge on any atom is 0.344 e. The maximum absolute atomic E-state index is 13.0. The van der Waals surface area contributed by atoms with E-state index in [0.29, 0.717) is 18.6 Å². The molecular weight excluding hydrogens is 452 g/mol. The third-order valence-corrected chi connectivity index (χ3v) is 5.46. The standard InChI is InChI=1S/C25H36N4O6/c1-6-8-12-28(22-23(26)29(11-7-2)25(33)27-24(22)32)20(30)14-35-21(31)15-34-19-13-17(5)9-10-18(19)16(3)4/h9-10,13,16H,6-8,11-12,14-15,26H2,1-5H3,(H,27,32,33). The largest absolute Gasteiger partial charge is 0.482 e. The fourth-order valence-electron chi connectivity index (χ4n) is 3.60. The molecule has 192 valence electrons. The number of hydrogen-bond acceptors (Lipinski definition) is 7. The van der Waals surface area contributed by atoms with Gasteiger partial charge in [-0.25, -0.2) is 9.59 Å². The number of benzene rings is 1. The van der Waals surface area contributed by atoms with E-state index in [1.165, 1.54) is 9.47 Å². The zero-order valence-electron chi connectivity index (χ0n) is 21.2. The number of carbonyl (C=O) groups excluding carboxylic acids is 2. The zero-order valence-corrected chi connectivity index (χ0v) is 21.2. The average Bonchev–Trinajstić information content (AvgIpc) is 2.80. The van der Waals surface area contributed by atoms with Crippen molar-refractivity contribution in [2.24, 2.45) is 0 Å². The van der Waals surface area contributed by atoms with Gasteiger partial charge in [-0.3, -0.25) is 19.1 Å². The van der Waals surface area contributed by atoms with E-state index in [2.05, 4.69) is 4.98 Å². The van der Waals surface area contributed by atoms with Gasteiger partial charge in [0.05, 0.1) is 0 Å². The van der Waals surface area contributed by atoms with Crippen molar-refractivity contribution in [1.29, 1.82) is 0 Å². The molecule has 0 saturated heterocycles. The molecule has 0 aliphatic rings. The molecule has 2 rings (SSSR count). The number of hydrogen-bond donors (Lipinski definition) is 2. The quantitative estimate of drug-likeness (QED) is 0.438. The summed E-state index contributed by atoms with van der Waals surface area (Å²) in [5.41, 5.74) is 6.55. The summed E-state index contributed by atoms with van der Waals surface area (Å²) in [6.45, 7) is 9.28. The van der Waals surface area contributed by atoms with Crippen LogP contribution >= 0.6 is 0 Å². The maximum atomic E-state index is 13.0. The van der Waals surface area contributed by atoms with Gasteiger partial charge in [0.1, 0.15) is 11.6 Å². The van der Waals surface area contributed by atoms with Gasteiger partial charge in [-0.15, -0.1) is 0 Å². The molecule has 1 amide bonds. The minimum Gasteiger partial charge on any atom is -0.482 e. The van der Waals surface area contributed by atoms with Crippen molar-refractivity contribution in [3.63, 3.8) is 0 Å². The van der Waals surface area contributed by atoms with Crippen LogP contribution in [-0.2, 0) is 20.9 Å². The molecule has 2 aromatic rings. The number of anilines is 2. The van der Waals surface area contributed by atoms with Crippen LogP contribution < -0.4 is 26.6 Å². The predicted molar refractivity (Wildman–Crippen MR) is 135 cm³/mol. The van der Waals surface area contributed by atoms with Crippen LogP contribution in [0.2, 0.25) is 0 Å². The van der Waals surface area contributed by atoms with E-state index >= 15 is 0 Å². The summed E-state index contributed by atoms with van der Waals surface area (Å²) in [5, 5.41) is 0. The highest BCUT2D eigenvalue weighted by atomic mass is 16.6. The second kappa shape index (κ2) is 12.8. The van der Waals surface area contributed by atoms with E-state index < -0.39 is 29.7 Å². The molecule has 0 aliphatic carbocycles. The number of amides is 1. The number of unbranched alkanes of at least 4 members (excludes halogenated alkanes) is 1. The first-order valence-corrected chi connectivity index (χ1v) is 11.9. The number of nitrogens with zero attached hydrogens (tertiary/aromatic N) is 2. The van der Waals surface area contributed by atoms with Crippen LogP contribution in [0.3, 0.4) is 0 Å². The molecule has 3 N–H and O–H groups in total. The Balaban J connectivity index is 2.15. The number of aryl methyl sites for hydroxylation is 1. The van der Waals surface area contributed by atoms with Crippen LogP contribution in [0.5, 0.6) is 5.75 Å². The van der Waals surface area contributed by atoms with Crippen molar-refractivity contribution in [1.82, 2.24) is 9.55 Å². The van der Waals surface area contributed by atoms with E-state index in [1.54, 1.807) is 0 Å². The first kappa shape index (κ1) is 27.7. The number of ether oxygens (including phenoxy) is 2. The molecule has 0 radical (unpaired) electrons. The van der Waals surface area contributed by atoms with Crippen molar-refractivity contribution >= 4 is 23.4 Å². The summed E-state index contributed by atoms with van der Waals surface area (Å²) in [4.78, 5) is 53.4. The molecule has 0 saturated carbocycles. The molecule has 10 heteroatoms. The zero-order chi connectivity index (χ0) is 26.1. The van der Waals surface area contributed by atoms with E-state index in [1.807, 2.05) is 52.8 Å². The van der Waals surface area contributed by atoms with Crippen LogP contribution in [-0.4, -0.2) is 41.2 Å². The first-order chi connectivity index (χ1) is 16.6. The first-order valence-electron chi connectivity index (χ1n) is 11.9.